The molecule has 1 heterocycles. The van der Waals surface area contributed by atoms with Gasteiger partial charge in [0.05, 0.1) is 10.7 Å². The second-order valence-electron chi connectivity index (χ2n) is 5.43. The average Bonchev–Trinajstić information content (AvgIpc) is 2.89. The standard InChI is InChI=1S/C18H15ClN2O2S/c1-10-3-8-14-15(9-10)24-17(16(14)19)18(23)21-20-11(2)12-4-6-13(22)7-5-12/h3-9,22H,1-2H3,(H,21,23). The lowest BCUT2D eigenvalue weighted by molar-refractivity contribution is 0.0959. The largest absolute Gasteiger partial charge is 0.508 e. The monoisotopic (exact) mass is 358 g/mol. The van der Waals surface area contributed by atoms with E-state index >= 15 is 0 Å². The Kier molecular flexibility index (Phi) is 4.55. The highest BCUT2D eigenvalue weighted by Gasteiger charge is 2.17. The molecule has 2 N–H and O–H groups in total. The van der Waals surface area contributed by atoms with Crippen LogP contribution in [0.3, 0.4) is 0 Å². The Morgan fingerprint density at radius 2 is 1.92 bits per heavy atom. The third-order valence-electron chi connectivity index (χ3n) is 3.60. The van der Waals surface area contributed by atoms with Crippen molar-refractivity contribution in [1.82, 2.24) is 5.43 Å². The number of benzene rings is 2. The molecule has 122 valence electrons. The van der Waals surface area contributed by atoms with E-state index in [-0.39, 0.29) is 11.7 Å². The van der Waals surface area contributed by atoms with Gasteiger partial charge in [0, 0.05) is 10.1 Å². The first-order valence-electron chi connectivity index (χ1n) is 7.28. The van der Waals surface area contributed by atoms with E-state index in [0.717, 1.165) is 21.2 Å². The number of phenolic OH excluding ortho intramolecular Hbond substituents is 1. The lowest BCUT2D eigenvalue weighted by atomic mass is 10.1. The van der Waals surface area contributed by atoms with E-state index in [1.807, 2.05) is 25.1 Å². The summed E-state index contributed by atoms with van der Waals surface area (Å²) < 4.78 is 0.976. The average molecular weight is 359 g/mol. The van der Waals surface area contributed by atoms with Gasteiger partial charge >= 0.3 is 0 Å². The molecule has 1 amide bonds. The smallest absolute Gasteiger partial charge is 0.283 e. The molecule has 4 nitrogen and oxygen atoms in total. The minimum Gasteiger partial charge on any atom is -0.508 e. The Morgan fingerprint density at radius 1 is 1.21 bits per heavy atom. The Bertz CT molecular complexity index is 946. The zero-order valence-corrected chi connectivity index (χ0v) is 14.7. The van der Waals surface area contributed by atoms with Crippen LogP contribution in [0.15, 0.2) is 47.6 Å². The quantitative estimate of drug-likeness (QED) is 0.525. The number of carbonyl (C=O) groups excluding carboxylic acids is 1. The number of fused-ring (bicyclic) bond motifs is 1. The summed E-state index contributed by atoms with van der Waals surface area (Å²) in [7, 11) is 0. The van der Waals surface area contributed by atoms with Crippen molar-refractivity contribution in [2.75, 3.05) is 0 Å². The fourth-order valence-electron chi connectivity index (χ4n) is 2.27. The van der Waals surface area contributed by atoms with Gasteiger partial charge in [-0.1, -0.05) is 23.7 Å². The third kappa shape index (κ3) is 3.27. The van der Waals surface area contributed by atoms with Crippen LogP contribution in [0.2, 0.25) is 5.02 Å². The van der Waals surface area contributed by atoms with Crippen LogP contribution in [0, 0.1) is 6.92 Å². The molecular formula is C18H15ClN2O2S. The number of rotatable bonds is 3. The van der Waals surface area contributed by atoms with Gasteiger partial charge in [-0.3, -0.25) is 4.79 Å². The second-order valence-corrected chi connectivity index (χ2v) is 6.86. The molecule has 0 atom stereocenters. The molecule has 0 fully saturated rings. The highest BCUT2D eigenvalue weighted by atomic mass is 35.5. The molecule has 3 rings (SSSR count). The number of hydrazone groups is 1. The van der Waals surface area contributed by atoms with E-state index in [9.17, 15) is 9.90 Å². The van der Waals surface area contributed by atoms with Crippen LogP contribution in [0.5, 0.6) is 5.75 Å². The third-order valence-corrected chi connectivity index (χ3v) is 5.26. The topological polar surface area (TPSA) is 61.7 Å². The maximum absolute atomic E-state index is 12.4. The van der Waals surface area contributed by atoms with Gasteiger partial charge in [-0.05, 0) is 55.3 Å². The number of carbonyl (C=O) groups is 1. The molecule has 0 aliphatic heterocycles. The lowest BCUT2D eigenvalue weighted by Crippen LogP contribution is -2.18. The maximum Gasteiger partial charge on any atom is 0.283 e. The van der Waals surface area contributed by atoms with E-state index in [1.54, 1.807) is 31.2 Å². The van der Waals surface area contributed by atoms with Gasteiger partial charge in [0.1, 0.15) is 10.6 Å². The molecule has 0 spiro atoms. The number of hydrogen-bond donors (Lipinski definition) is 2. The Morgan fingerprint density at radius 3 is 2.62 bits per heavy atom. The number of aromatic hydroxyl groups is 1. The predicted molar refractivity (Wildman–Crippen MR) is 99.4 cm³/mol. The number of hydrogen-bond acceptors (Lipinski definition) is 4. The molecule has 0 saturated carbocycles. The minimum atomic E-state index is -0.336. The van der Waals surface area contributed by atoms with E-state index in [1.165, 1.54) is 11.3 Å². The molecule has 24 heavy (non-hydrogen) atoms. The number of amides is 1. The van der Waals surface area contributed by atoms with Crippen LogP contribution in [-0.2, 0) is 0 Å². The van der Waals surface area contributed by atoms with Crippen molar-refractivity contribution in [3.8, 4) is 5.75 Å². The summed E-state index contributed by atoms with van der Waals surface area (Å²) in [5.41, 5.74) is 5.11. The molecule has 1 aromatic heterocycles. The van der Waals surface area contributed by atoms with Crippen LogP contribution >= 0.6 is 22.9 Å². The molecule has 0 saturated heterocycles. The van der Waals surface area contributed by atoms with Crippen molar-refractivity contribution in [1.29, 1.82) is 0 Å². The highest BCUT2D eigenvalue weighted by Crippen LogP contribution is 2.35. The maximum atomic E-state index is 12.4. The molecule has 0 radical (unpaired) electrons. The number of aryl methyl sites for hydroxylation is 1. The summed E-state index contributed by atoms with van der Waals surface area (Å²) in [4.78, 5) is 12.8. The Hall–Kier alpha value is -2.37. The van der Waals surface area contributed by atoms with Gasteiger partial charge in [0.25, 0.3) is 5.91 Å². The van der Waals surface area contributed by atoms with Crippen LogP contribution in [-0.4, -0.2) is 16.7 Å². The van der Waals surface area contributed by atoms with Crippen molar-refractivity contribution in [3.63, 3.8) is 0 Å². The van der Waals surface area contributed by atoms with Gasteiger partial charge in [0.15, 0.2) is 0 Å². The fraction of sp³-hybridized carbons (Fsp3) is 0.111. The lowest BCUT2D eigenvalue weighted by Gasteiger charge is -2.02. The van der Waals surface area contributed by atoms with Crippen molar-refractivity contribution < 1.29 is 9.90 Å². The van der Waals surface area contributed by atoms with Gasteiger partial charge in [-0.2, -0.15) is 5.10 Å². The molecule has 2 aromatic carbocycles. The van der Waals surface area contributed by atoms with E-state index in [2.05, 4.69) is 10.5 Å². The van der Waals surface area contributed by atoms with Crippen molar-refractivity contribution in [2.45, 2.75) is 13.8 Å². The number of nitrogens with zero attached hydrogens (tertiary/aromatic N) is 1. The number of thiophene rings is 1. The van der Waals surface area contributed by atoms with Gasteiger partial charge in [0.2, 0.25) is 0 Å². The zero-order chi connectivity index (χ0) is 17.3. The molecule has 0 bridgehead atoms. The normalized spacial score (nSPS) is 11.7. The van der Waals surface area contributed by atoms with Crippen LogP contribution in [0.1, 0.15) is 27.7 Å². The van der Waals surface area contributed by atoms with Crippen molar-refractivity contribution in [2.24, 2.45) is 5.10 Å². The molecule has 6 heteroatoms. The van der Waals surface area contributed by atoms with Crippen molar-refractivity contribution >= 4 is 44.6 Å². The summed E-state index contributed by atoms with van der Waals surface area (Å²) in [5, 5.41) is 14.7. The summed E-state index contributed by atoms with van der Waals surface area (Å²) in [6.07, 6.45) is 0. The van der Waals surface area contributed by atoms with Gasteiger partial charge in [-0.25, -0.2) is 5.43 Å². The fourth-order valence-corrected chi connectivity index (χ4v) is 3.78. The summed E-state index contributed by atoms with van der Waals surface area (Å²) in [6, 6.07) is 12.5. The number of halogens is 1. The van der Waals surface area contributed by atoms with Crippen molar-refractivity contribution in [3.05, 3.63) is 63.5 Å². The van der Waals surface area contributed by atoms with Crippen LogP contribution in [0.25, 0.3) is 10.1 Å². The summed E-state index contributed by atoms with van der Waals surface area (Å²) in [6.45, 7) is 3.78. The molecule has 0 unspecified atom stereocenters. The van der Waals surface area contributed by atoms with E-state index < -0.39 is 0 Å². The number of phenols is 1. The second kappa shape index (κ2) is 6.63. The van der Waals surface area contributed by atoms with Gasteiger partial charge in [-0.15, -0.1) is 11.3 Å². The van der Waals surface area contributed by atoms with E-state index in [0.29, 0.717) is 15.6 Å². The Balaban J connectivity index is 1.83. The molecular weight excluding hydrogens is 344 g/mol. The first-order valence-corrected chi connectivity index (χ1v) is 8.48. The van der Waals surface area contributed by atoms with E-state index in [4.69, 9.17) is 11.6 Å². The first-order chi connectivity index (χ1) is 11.5. The van der Waals surface area contributed by atoms with Crippen LogP contribution in [0.4, 0.5) is 0 Å². The highest BCUT2D eigenvalue weighted by molar-refractivity contribution is 7.21. The first kappa shape index (κ1) is 16.5. The number of nitrogens with one attached hydrogen (secondary N) is 1. The summed E-state index contributed by atoms with van der Waals surface area (Å²) >= 11 is 7.68. The molecule has 3 aromatic rings. The molecule has 0 aliphatic carbocycles. The predicted octanol–water partition coefficient (Wildman–Crippen LogP) is 4.72. The van der Waals surface area contributed by atoms with Crippen LogP contribution < -0.4 is 5.43 Å². The zero-order valence-electron chi connectivity index (χ0n) is 13.1. The Labute approximate surface area is 148 Å². The molecule has 0 aliphatic rings. The minimum absolute atomic E-state index is 0.183. The SMILES string of the molecule is CC(=NNC(=O)c1sc2cc(C)ccc2c1Cl)c1ccc(O)cc1. The van der Waals surface area contributed by atoms with Gasteiger partial charge < -0.3 is 5.11 Å². The summed E-state index contributed by atoms with van der Waals surface area (Å²) in [5.74, 6) is -0.153.